The molecule has 2 aliphatic carbocycles. The topological polar surface area (TPSA) is 38.5 Å². The van der Waals surface area contributed by atoms with Gasteiger partial charge >= 0.3 is 0 Å². The Morgan fingerprint density at radius 1 is 1.14 bits per heavy atom. The Morgan fingerprint density at radius 3 is 2.86 bits per heavy atom. The summed E-state index contributed by atoms with van der Waals surface area (Å²) in [6, 6.07) is 7.88. The van der Waals surface area contributed by atoms with E-state index in [0.717, 1.165) is 24.1 Å². The van der Waals surface area contributed by atoms with Gasteiger partial charge in [0.1, 0.15) is 5.75 Å². The minimum Gasteiger partial charge on any atom is -0.497 e. The van der Waals surface area contributed by atoms with E-state index < -0.39 is 0 Å². The summed E-state index contributed by atoms with van der Waals surface area (Å²) in [5, 5.41) is 0. The van der Waals surface area contributed by atoms with Gasteiger partial charge in [0.2, 0.25) is 0 Å². The molecule has 0 amide bonds. The minimum absolute atomic E-state index is 0.148. The molecule has 1 saturated heterocycles. The summed E-state index contributed by atoms with van der Waals surface area (Å²) in [4.78, 5) is 2.76. The molecule has 1 aromatic carbocycles. The van der Waals surface area contributed by atoms with E-state index in [-0.39, 0.29) is 6.04 Å². The third-order valence-corrected chi connectivity index (χ3v) is 6.02. The Bertz CT molecular complexity index is 530. The number of likely N-dealkylation sites (tertiary alicyclic amines) is 1. The number of nitrogens with two attached hydrogens (primary N) is 1. The second-order valence-electron chi connectivity index (χ2n) is 7.00. The van der Waals surface area contributed by atoms with E-state index in [4.69, 9.17) is 10.5 Å². The molecule has 2 N–H and O–H groups in total. The van der Waals surface area contributed by atoms with Gasteiger partial charge in [-0.3, -0.25) is 4.90 Å². The normalized spacial score (nSPS) is 35.5. The van der Waals surface area contributed by atoms with Gasteiger partial charge in [-0.15, -0.1) is 0 Å². The molecule has 4 rings (SSSR count). The molecular weight excluding hydrogens is 260 g/mol. The summed E-state index contributed by atoms with van der Waals surface area (Å²) in [7, 11) is 1.73. The van der Waals surface area contributed by atoms with Crippen LogP contribution in [0.4, 0.5) is 0 Å². The Labute approximate surface area is 127 Å². The Morgan fingerprint density at radius 2 is 2.00 bits per heavy atom. The average molecular weight is 286 g/mol. The highest BCUT2D eigenvalue weighted by Crippen LogP contribution is 2.42. The van der Waals surface area contributed by atoms with Crippen molar-refractivity contribution in [1.82, 2.24) is 4.90 Å². The smallest absolute Gasteiger partial charge is 0.119 e. The minimum atomic E-state index is 0.148. The molecule has 21 heavy (non-hydrogen) atoms. The van der Waals surface area contributed by atoms with Crippen LogP contribution >= 0.6 is 0 Å². The molecule has 3 aliphatic rings. The van der Waals surface area contributed by atoms with E-state index in [1.807, 2.05) is 0 Å². The summed E-state index contributed by atoms with van der Waals surface area (Å²) in [5.74, 6) is 1.87. The van der Waals surface area contributed by atoms with E-state index >= 15 is 0 Å². The van der Waals surface area contributed by atoms with Crippen LogP contribution in [0.1, 0.15) is 49.3 Å². The SMILES string of the molecule is COc1ccc2c(c1)C(N)C(N1CCCC3CCCC31)C2. The van der Waals surface area contributed by atoms with Gasteiger partial charge in [-0.05, 0) is 67.8 Å². The lowest BCUT2D eigenvalue weighted by Gasteiger charge is -2.43. The maximum atomic E-state index is 6.63. The summed E-state index contributed by atoms with van der Waals surface area (Å²) < 4.78 is 5.37. The molecule has 0 bridgehead atoms. The predicted molar refractivity (Wildman–Crippen MR) is 84.5 cm³/mol. The summed E-state index contributed by atoms with van der Waals surface area (Å²) in [5.41, 5.74) is 9.36. The second kappa shape index (κ2) is 5.29. The van der Waals surface area contributed by atoms with Crippen molar-refractivity contribution in [1.29, 1.82) is 0 Å². The number of benzene rings is 1. The van der Waals surface area contributed by atoms with E-state index in [9.17, 15) is 0 Å². The van der Waals surface area contributed by atoms with Gasteiger partial charge in [0.25, 0.3) is 0 Å². The zero-order chi connectivity index (χ0) is 14.4. The van der Waals surface area contributed by atoms with Gasteiger partial charge < -0.3 is 10.5 Å². The van der Waals surface area contributed by atoms with E-state index in [2.05, 4.69) is 23.1 Å². The summed E-state index contributed by atoms with van der Waals surface area (Å²) >= 11 is 0. The molecule has 1 saturated carbocycles. The second-order valence-corrected chi connectivity index (χ2v) is 7.00. The quantitative estimate of drug-likeness (QED) is 0.908. The zero-order valence-corrected chi connectivity index (χ0v) is 12.9. The van der Waals surface area contributed by atoms with Crippen LogP contribution < -0.4 is 10.5 Å². The van der Waals surface area contributed by atoms with Gasteiger partial charge in [-0.2, -0.15) is 0 Å². The molecular formula is C18H26N2O. The number of rotatable bonds is 2. The van der Waals surface area contributed by atoms with Crippen LogP contribution in [0.5, 0.6) is 5.75 Å². The number of hydrogen-bond donors (Lipinski definition) is 1. The van der Waals surface area contributed by atoms with Crippen LogP contribution in [0, 0.1) is 5.92 Å². The number of ether oxygens (including phenoxy) is 1. The average Bonchev–Trinajstić information content (AvgIpc) is 3.11. The van der Waals surface area contributed by atoms with Crippen molar-refractivity contribution in [2.24, 2.45) is 11.7 Å². The molecule has 3 nitrogen and oxygen atoms in total. The molecule has 1 aliphatic heterocycles. The van der Waals surface area contributed by atoms with Crippen molar-refractivity contribution < 1.29 is 4.74 Å². The Kier molecular flexibility index (Phi) is 3.43. The van der Waals surface area contributed by atoms with Crippen molar-refractivity contribution in [2.45, 2.75) is 56.7 Å². The van der Waals surface area contributed by atoms with Gasteiger partial charge in [0.05, 0.1) is 7.11 Å². The maximum Gasteiger partial charge on any atom is 0.119 e. The van der Waals surface area contributed by atoms with Crippen LogP contribution in [-0.4, -0.2) is 30.6 Å². The van der Waals surface area contributed by atoms with Gasteiger partial charge in [-0.1, -0.05) is 12.5 Å². The van der Waals surface area contributed by atoms with Crippen LogP contribution in [-0.2, 0) is 6.42 Å². The van der Waals surface area contributed by atoms with Crippen LogP contribution in [0.25, 0.3) is 0 Å². The van der Waals surface area contributed by atoms with Gasteiger partial charge in [-0.25, -0.2) is 0 Å². The van der Waals surface area contributed by atoms with Crippen molar-refractivity contribution in [3.8, 4) is 5.75 Å². The van der Waals surface area contributed by atoms with E-state index in [1.165, 1.54) is 49.8 Å². The van der Waals surface area contributed by atoms with Crippen LogP contribution in [0.15, 0.2) is 18.2 Å². The molecule has 0 spiro atoms. The van der Waals surface area contributed by atoms with Crippen molar-refractivity contribution in [3.05, 3.63) is 29.3 Å². The first-order valence-corrected chi connectivity index (χ1v) is 8.46. The molecule has 114 valence electrons. The lowest BCUT2D eigenvalue weighted by atomic mass is 9.89. The maximum absolute atomic E-state index is 6.63. The molecule has 0 radical (unpaired) electrons. The summed E-state index contributed by atoms with van der Waals surface area (Å²) in [6.07, 6.45) is 8.13. The van der Waals surface area contributed by atoms with Gasteiger partial charge in [0.15, 0.2) is 0 Å². The van der Waals surface area contributed by atoms with Crippen LogP contribution in [0.2, 0.25) is 0 Å². The highest BCUT2D eigenvalue weighted by molar-refractivity contribution is 5.42. The van der Waals surface area contributed by atoms with E-state index in [1.54, 1.807) is 7.11 Å². The third kappa shape index (κ3) is 2.18. The largest absolute Gasteiger partial charge is 0.497 e. The fraction of sp³-hybridized carbons (Fsp3) is 0.667. The third-order valence-electron chi connectivity index (χ3n) is 6.02. The van der Waals surface area contributed by atoms with Crippen molar-refractivity contribution >= 4 is 0 Å². The number of nitrogens with zero attached hydrogens (tertiary/aromatic N) is 1. The van der Waals surface area contributed by atoms with Gasteiger partial charge in [0, 0.05) is 18.1 Å². The number of piperidine rings is 1. The number of methoxy groups -OCH3 is 1. The molecule has 1 aromatic rings. The Hall–Kier alpha value is -1.06. The predicted octanol–water partition coefficient (Wildman–Crippen LogP) is 2.88. The van der Waals surface area contributed by atoms with Crippen LogP contribution in [0.3, 0.4) is 0 Å². The fourth-order valence-electron chi connectivity index (χ4n) is 4.98. The lowest BCUT2D eigenvalue weighted by molar-refractivity contribution is 0.0603. The molecule has 0 aromatic heterocycles. The Balaban J connectivity index is 1.59. The molecule has 1 heterocycles. The molecule has 3 heteroatoms. The first-order valence-electron chi connectivity index (χ1n) is 8.46. The standard InChI is InChI=1S/C18H26N2O/c1-21-14-8-7-13-10-17(18(19)15(13)11-14)20-9-3-5-12-4-2-6-16(12)20/h7-8,11-12,16-18H,2-6,9-10,19H2,1H3. The molecule has 4 unspecified atom stereocenters. The first kappa shape index (κ1) is 13.6. The number of hydrogen-bond acceptors (Lipinski definition) is 3. The molecule has 4 atom stereocenters. The summed E-state index contributed by atoms with van der Waals surface area (Å²) in [6.45, 7) is 1.24. The first-order chi connectivity index (χ1) is 10.3. The molecule has 2 fully saturated rings. The lowest BCUT2D eigenvalue weighted by Crippen LogP contribution is -2.51. The van der Waals surface area contributed by atoms with E-state index in [0.29, 0.717) is 6.04 Å². The monoisotopic (exact) mass is 286 g/mol. The van der Waals surface area contributed by atoms with Crippen molar-refractivity contribution in [2.75, 3.05) is 13.7 Å². The fourth-order valence-corrected chi connectivity index (χ4v) is 4.98. The highest BCUT2D eigenvalue weighted by Gasteiger charge is 2.42. The van der Waals surface area contributed by atoms with Crippen molar-refractivity contribution in [3.63, 3.8) is 0 Å². The highest BCUT2D eigenvalue weighted by atomic mass is 16.5. The number of fused-ring (bicyclic) bond motifs is 2. The zero-order valence-electron chi connectivity index (χ0n) is 12.9.